The van der Waals surface area contributed by atoms with Crippen molar-refractivity contribution < 1.29 is 19.4 Å². The Hall–Kier alpha value is -0.970. The lowest BCUT2D eigenvalue weighted by molar-refractivity contribution is -0.141. The summed E-state index contributed by atoms with van der Waals surface area (Å²) in [5, 5.41) is 7.38. The van der Waals surface area contributed by atoms with Gasteiger partial charge in [-0.05, 0) is 0 Å². The lowest BCUT2D eigenvalue weighted by atomic mass is 10.6. The average Bonchev–Trinajstić information content (AvgIpc) is 1.82. The summed E-state index contributed by atoms with van der Waals surface area (Å²) < 4.78 is 4.34. The van der Waals surface area contributed by atoms with E-state index in [-0.39, 0.29) is 5.76 Å². The van der Waals surface area contributed by atoms with Crippen LogP contribution in [0.5, 0.6) is 0 Å². The molecule has 1 N–H and O–H groups in total. The number of ether oxygens (including phenoxy) is 1. The summed E-state index contributed by atoms with van der Waals surface area (Å²) in [6.07, 6.45) is 0. The van der Waals surface area contributed by atoms with E-state index in [1.165, 1.54) is 0 Å². The lowest BCUT2D eigenvalue weighted by Crippen LogP contribution is -2.08. The van der Waals surface area contributed by atoms with E-state index in [1.807, 2.05) is 0 Å². The molecule has 0 aromatic carbocycles. The van der Waals surface area contributed by atoms with Crippen LogP contribution in [0.15, 0.2) is 12.3 Å². The van der Waals surface area contributed by atoms with Crippen LogP contribution in [-0.4, -0.2) is 22.8 Å². The molecular weight excluding hydrogens is 156 g/mol. The van der Waals surface area contributed by atoms with Crippen LogP contribution >= 0.6 is 12.6 Å². The van der Waals surface area contributed by atoms with Gasteiger partial charge in [0.05, 0.1) is 0 Å². The van der Waals surface area contributed by atoms with Gasteiger partial charge in [0.15, 0.2) is 12.4 Å². The number of carboxylic acid groups (broad SMARTS) is 1. The minimum Gasteiger partial charge on any atom is -0.479 e. The van der Waals surface area contributed by atoms with E-state index >= 15 is 0 Å². The molecule has 0 bridgehead atoms. The van der Waals surface area contributed by atoms with Crippen molar-refractivity contribution in [1.82, 2.24) is 0 Å². The number of carbonyl (C=O) groups excluding carboxylic acids is 1. The quantitative estimate of drug-likeness (QED) is 0.348. The summed E-state index contributed by atoms with van der Waals surface area (Å²) in [4.78, 5) is 20.0. The SMILES string of the molecule is C=C(OCC(=O)O)C(=O)S. The molecule has 0 amide bonds. The molecule has 0 saturated heterocycles. The van der Waals surface area contributed by atoms with Crippen LogP contribution in [0.3, 0.4) is 0 Å². The van der Waals surface area contributed by atoms with Gasteiger partial charge in [0.2, 0.25) is 5.12 Å². The van der Waals surface area contributed by atoms with Crippen molar-refractivity contribution in [2.45, 2.75) is 0 Å². The molecule has 0 spiro atoms. The van der Waals surface area contributed by atoms with Crippen LogP contribution in [0.25, 0.3) is 0 Å². The molecule has 10 heavy (non-hydrogen) atoms. The van der Waals surface area contributed by atoms with Crippen LogP contribution in [-0.2, 0) is 14.3 Å². The van der Waals surface area contributed by atoms with E-state index in [2.05, 4.69) is 23.9 Å². The van der Waals surface area contributed by atoms with Crippen molar-refractivity contribution in [3.63, 3.8) is 0 Å². The zero-order valence-corrected chi connectivity index (χ0v) is 5.93. The molecule has 0 atom stereocenters. The maximum absolute atomic E-state index is 10.2. The highest BCUT2D eigenvalue weighted by atomic mass is 32.1. The maximum Gasteiger partial charge on any atom is 0.341 e. The van der Waals surface area contributed by atoms with Gasteiger partial charge in [-0.2, -0.15) is 0 Å². The zero-order chi connectivity index (χ0) is 8.15. The smallest absolute Gasteiger partial charge is 0.341 e. The average molecular weight is 162 g/mol. The standard InChI is InChI=1S/C5H6O4S/c1-3(5(8)10)9-2-4(6)7/h1-2H2,(H,6,7)(H,8,10). The molecule has 0 saturated carbocycles. The zero-order valence-electron chi connectivity index (χ0n) is 5.03. The van der Waals surface area contributed by atoms with Gasteiger partial charge in [0.1, 0.15) is 0 Å². The molecule has 0 aliphatic heterocycles. The first-order chi connectivity index (χ1) is 4.54. The molecule has 0 aromatic heterocycles. The summed E-state index contributed by atoms with van der Waals surface area (Å²) >= 11 is 3.34. The van der Waals surface area contributed by atoms with Gasteiger partial charge >= 0.3 is 5.97 Å². The second kappa shape index (κ2) is 3.94. The minimum atomic E-state index is -1.16. The van der Waals surface area contributed by atoms with Gasteiger partial charge in [-0.1, -0.05) is 19.2 Å². The van der Waals surface area contributed by atoms with Gasteiger partial charge in [-0.25, -0.2) is 4.79 Å². The predicted molar refractivity (Wildman–Crippen MR) is 36.7 cm³/mol. The Morgan fingerprint density at radius 1 is 1.60 bits per heavy atom. The van der Waals surface area contributed by atoms with Crippen LogP contribution in [0, 0.1) is 0 Å². The number of hydrogen-bond acceptors (Lipinski definition) is 3. The third kappa shape index (κ3) is 3.96. The fraction of sp³-hybridized carbons (Fsp3) is 0.200. The van der Waals surface area contributed by atoms with Crippen molar-refractivity contribution in [3.8, 4) is 0 Å². The number of carboxylic acids is 1. The summed E-state index contributed by atoms with van der Waals surface area (Å²) in [5.41, 5.74) is 0. The summed E-state index contributed by atoms with van der Waals surface area (Å²) in [5.74, 6) is -1.42. The molecule has 56 valence electrons. The highest BCUT2D eigenvalue weighted by molar-refractivity contribution is 7.97. The largest absolute Gasteiger partial charge is 0.479 e. The van der Waals surface area contributed by atoms with E-state index in [4.69, 9.17) is 5.11 Å². The highest BCUT2D eigenvalue weighted by Gasteiger charge is 2.04. The Bertz CT molecular complexity index is 174. The van der Waals surface area contributed by atoms with Gasteiger partial charge in [0.25, 0.3) is 0 Å². The van der Waals surface area contributed by atoms with Gasteiger partial charge in [-0.3, -0.25) is 4.79 Å². The number of thiol groups is 1. The van der Waals surface area contributed by atoms with Crippen molar-refractivity contribution in [3.05, 3.63) is 12.3 Å². The van der Waals surface area contributed by atoms with E-state index in [1.54, 1.807) is 0 Å². The molecule has 0 aliphatic rings. The van der Waals surface area contributed by atoms with Crippen LogP contribution in [0.1, 0.15) is 0 Å². The Morgan fingerprint density at radius 3 is 2.40 bits per heavy atom. The van der Waals surface area contributed by atoms with Crippen LogP contribution in [0.2, 0.25) is 0 Å². The molecule has 0 aliphatic carbocycles. The van der Waals surface area contributed by atoms with Gasteiger partial charge in [-0.15, -0.1) is 0 Å². The number of carbonyl (C=O) groups is 2. The van der Waals surface area contributed by atoms with Gasteiger partial charge < -0.3 is 9.84 Å². The Labute approximate surface area is 62.9 Å². The van der Waals surface area contributed by atoms with Crippen LogP contribution in [0.4, 0.5) is 0 Å². The fourth-order valence-electron chi connectivity index (χ4n) is 0.211. The molecule has 0 unspecified atom stereocenters. The molecule has 0 rings (SSSR count). The summed E-state index contributed by atoms with van der Waals surface area (Å²) in [7, 11) is 0. The molecular formula is C5H6O4S. The normalized spacial score (nSPS) is 8.50. The Kier molecular flexibility index (Phi) is 3.56. The molecule has 0 radical (unpaired) electrons. The Morgan fingerprint density at radius 2 is 2.10 bits per heavy atom. The Balaban J connectivity index is 3.60. The number of rotatable bonds is 4. The lowest BCUT2D eigenvalue weighted by Gasteiger charge is -1.99. The first-order valence-corrected chi connectivity index (χ1v) is 2.75. The summed E-state index contributed by atoms with van der Waals surface area (Å²) in [6.45, 7) is 2.55. The molecule has 0 heterocycles. The third-order valence-corrected chi connectivity index (χ3v) is 0.858. The number of aliphatic carboxylic acids is 1. The third-order valence-electron chi connectivity index (χ3n) is 0.608. The molecule has 0 fully saturated rings. The van der Waals surface area contributed by atoms with Crippen molar-refractivity contribution >= 4 is 23.7 Å². The van der Waals surface area contributed by atoms with E-state index in [0.29, 0.717) is 0 Å². The first kappa shape index (κ1) is 9.03. The fourth-order valence-corrected chi connectivity index (χ4v) is 0.275. The maximum atomic E-state index is 10.2. The second-order valence-corrected chi connectivity index (χ2v) is 1.82. The summed E-state index contributed by atoms with van der Waals surface area (Å²) in [6, 6.07) is 0. The van der Waals surface area contributed by atoms with Gasteiger partial charge in [0, 0.05) is 0 Å². The first-order valence-electron chi connectivity index (χ1n) is 2.31. The van der Waals surface area contributed by atoms with Crippen molar-refractivity contribution in [2.24, 2.45) is 0 Å². The molecule has 0 aromatic rings. The predicted octanol–water partition coefficient (Wildman–Crippen LogP) is 0.0577. The topological polar surface area (TPSA) is 63.6 Å². The minimum absolute atomic E-state index is 0.259. The second-order valence-electron chi connectivity index (χ2n) is 1.41. The highest BCUT2D eigenvalue weighted by Crippen LogP contribution is 1.97. The molecule has 4 nitrogen and oxygen atoms in total. The van der Waals surface area contributed by atoms with Crippen molar-refractivity contribution in [1.29, 1.82) is 0 Å². The van der Waals surface area contributed by atoms with E-state index in [9.17, 15) is 9.59 Å². The van der Waals surface area contributed by atoms with Crippen molar-refractivity contribution in [2.75, 3.05) is 6.61 Å². The van der Waals surface area contributed by atoms with Crippen LogP contribution < -0.4 is 0 Å². The van der Waals surface area contributed by atoms with E-state index < -0.39 is 17.7 Å². The molecule has 5 heteroatoms. The monoisotopic (exact) mass is 162 g/mol. The van der Waals surface area contributed by atoms with E-state index in [0.717, 1.165) is 0 Å². The number of hydrogen-bond donors (Lipinski definition) is 2.